The predicted octanol–water partition coefficient (Wildman–Crippen LogP) is 2.28. The Morgan fingerprint density at radius 2 is 2.27 bits per heavy atom. The molecule has 1 unspecified atom stereocenters. The monoisotopic (exact) mass is 307 g/mol. The van der Waals surface area contributed by atoms with Gasteiger partial charge in [0.15, 0.2) is 0 Å². The van der Waals surface area contributed by atoms with Crippen molar-refractivity contribution in [1.82, 2.24) is 9.88 Å². The normalized spacial score (nSPS) is 18.4. The molecule has 2 heterocycles. The summed E-state index contributed by atoms with van der Waals surface area (Å²) >= 11 is 0. The highest BCUT2D eigenvalue weighted by Gasteiger charge is 2.25. The molecule has 0 aromatic carbocycles. The van der Waals surface area contributed by atoms with Crippen LogP contribution < -0.4 is 5.32 Å². The fourth-order valence-electron chi connectivity index (χ4n) is 2.65. The van der Waals surface area contributed by atoms with Crippen molar-refractivity contribution in [1.29, 1.82) is 0 Å². The van der Waals surface area contributed by atoms with Gasteiger partial charge in [-0.05, 0) is 39.3 Å². The maximum absolute atomic E-state index is 12.5. The number of nitrogens with zero attached hydrogens (tertiary/aromatic N) is 2. The number of anilines is 1. The summed E-state index contributed by atoms with van der Waals surface area (Å²) in [5, 5.41) is 2.98. The van der Waals surface area contributed by atoms with Crippen molar-refractivity contribution in [2.24, 2.45) is 0 Å². The number of amides is 2. The zero-order valence-corrected chi connectivity index (χ0v) is 13.8. The number of carbonyl (C=O) groups excluding carboxylic acids is 1. The molecule has 1 aromatic rings. The molecule has 1 aliphatic rings. The Labute approximate surface area is 131 Å². The molecule has 0 spiro atoms. The van der Waals surface area contributed by atoms with Crippen LogP contribution in [0.25, 0.3) is 0 Å². The van der Waals surface area contributed by atoms with Gasteiger partial charge in [0.2, 0.25) is 0 Å². The smallest absolute Gasteiger partial charge is 0.322 e. The lowest BCUT2D eigenvalue weighted by Gasteiger charge is -2.33. The van der Waals surface area contributed by atoms with Gasteiger partial charge in [-0.25, -0.2) is 4.79 Å². The van der Waals surface area contributed by atoms with E-state index in [1.807, 2.05) is 33.8 Å². The summed E-state index contributed by atoms with van der Waals surface area (Å²) in [6, 6.07) is 1.86. The Bertz CT molecular complexity index is 510. The standard InChI is InChI=1S/C16H25N3O3/c1-5-21-10-14-9-19(6-7-22-14)16(20)18-15-11(2)8-12(3)17-13(15)4/h8,14H,5-7,9-10H2,1-4H3,(H,18,20). The minimum atomic E-state index is -0.110. The molecular weight excluding hydrogens is 282 g/mol. The molecular formula is C16H25N3O3. The first-order valence-corrected chi connectivity index (χ1v) is 7.71. The third kappa shape index (κ3) is 4.18. The summed E-state index contributed by atoms with van der Waals surface area (Å²) in [6.07, 6.45) is -0.0576. The maximum atomic E-state index is 12.5. The summed E-state index contributed by atoms with van der Waals surface area (Å²) in [7, 11) is 0. The minimum Gasteiger partial charge on any atom is -0.379 e. The van der Waals surface area contributed by atoms with Crippen LogP contribution >= 0.6 is 0 Å². The second-order valence-corrected chi connectivity index (χ2v) is 5.57. The highest BCUT2D eigenvalue weighted by atomic mass is 16.5. The van der Waals surface area contributed by atoms with Crippen LogP contribution in [0.5, 0.6) is 0 Å². The molecule has 6 heteroatoms. The number of aryl methyl sites for hydroxylation is 3. The molecule has 22 heavy (non-hydrogen) atoms. The van der Waals surface area contributed by atoms with Gasteiger partial charge in [-0.3, -0.25) is 4.98 Å². The van der Waals surface area contributed by atoms with Gasteiger partial charge < -0.3 is 19.7 Å². The molecule has 0 aliphatic carbocycles. The molecule has 1 saturated heterocycles. The van der Waals surface area contributed by atoms with E-state index in [0.29, 0.717) is 32.9 Å². The molecule has 1 aliphatic heterocycles. The van der Waals surface area contributed by atoms with E-state index in [0.717, 1.165) is 22.6 Å². The summed E-state index contributed by atoms with van der Waals surface area (Å²) in [6.45, 7) is 10.6. The molecule has 6 nitrogen and oxygen atoms in total. The molecule has 0 saturated carbocycles. The van der Waals surface area contributed by atoms with Crippen molar-refractivity contribution in [3.05, 3.63) is 23.0 Å². The zero-order chi connectivity index (χ0) is 16.1. The van der Waals surface area contributed by atoms with Crippen molar-refractivity contribution in [3.63, 3.8) is 0 Å². The van der Waals surface area contributed by atoms with Gasteiger partial charge in [-0.2, -0.15) is 0 Å². The number of hydrogen-bond acceptors (Lipinski definition) is 4. The maximum Gasteiger partial charge on any atom is 0.322 e. The van der Waals surface area contributed by atoms with Crippen LogP contribution in [0.3, 0.4) is 0 Å². The van der Waals surface area contributed by atoms with Crippen LogP contribution in [0.2, 0.25) is 0 Å². The number of carbonyl (C=O) groups is 1. The molecule has 1 N–H and O–H groups in total. The number of aromatic nitrogens is 1. The number of pyridine rings is 1. The first-order chi connectivity index (χ1) is 10.5. The molecule has 1 aromatic heterocycles. The average molecular weight is 307 g/mol. The van der Waals surface area contributed by atoms with Crippen molar-refractivity contribution in [2.75, 3.05) is 38.2 Å². The van der Waals surface area contributed by atoms with Crippen LogP contribution in [-0.2, 0) is 9.47 Å². The number of ether oxygens (including phenoxy) is 2. The molecule has 2 amide bonds. The predicted molar refractivity (Wildman–Crippen MR) is 85.3 cm³/mol. The van der Waals surface area contributed by atoms with Gasteiger partial charge in [0.1, 0.15) is 0 Å². The fourth-order valence-corrected chi connectivity index (χ4v) is 2.65. The number of rotatable bonds is 4. The van der Waals surface area contributed by atoms with Crippen molar-refractivity contribution in [2.45, 2.75) is 33.8 Å². The zero-order valence-electron chi connectivity index (χ0n) is 13.8. The summed E-state index contributed by atoms with van der Waals surface area (Å²) in [5.74, 6) is 0. The van der Waals surface area contributed by atoms with Gasteiger partial charge in [0.05, 0.1) is 37.2 Å². The van der Waals surface area contributed by atoms with Gasteiger partial charge in [0, 0.05) is 18.8 Å². The van der Waals surface area contributed by atoms with Crippen LogP contribution in [-0.4, -0.2) is 54.9 Å². The van der Waals surface area contributed by atoms with Crippen molar-refractivity contribution < 1.29 is 14.3 Å². The molecule has 122 valence electrons. The van der Waals surface area contributed by atoms with Crippen molar-refractivity contribution in [3.8, 4) is 0 Å². The summed E-state index contributed by atoms with van der Waals surface area (Å²) in [4.78, 5) is 18.6. The van der Waals surface area contributed by atoms with Gasteiger partial charge in [0.25, 0.3) is 0 Å². The van der Waals surface area contributed by atoms with Crippen molar-refractivity contribution >= 4 is 11.7 Å². The van der Waals surface area contributed by atoms with E-state index in [1.54, 1.807) is 4.90 Å². The van der Waals surface area contributed by atoms with Crippen LogP contribution in [0.4, 0.5) is 10.5 Å². The van der Waals surface area contributed by atoms with E-state index in [4.69, 9.17) is 9.47 Å². The van der Waals surface area contributed by atoms with Gasteiger partial charge in [-0.15, -0.1) is 0 Å². The Morgan fingerprint density at radius 1 is 1.50 bits per heavy atom. The Hall–Kier alpha value is -1.66. The quantitative estimate of drug-likeness (QED) is 0.927. The number of nitrogens with one attached hydrogen (secondary N) is 1. The van der Waals surface area contributed by atoms with Crippen LogP contribution in [0.15, 0.2) is 6.07 Å². The number of hydrogen-bond donors (Lipinski definition) is 1. The van der Waals surface area contributed by atoms with Crippen LogP contribution in [0.1, 0.15) is 23.9 Å². The van der Waals surface area contributed by atoms with E-state index in [9.17, 15) is 4.79 Å². The Morgan fingerprint density at radius 3 is 2.95 bits per heavy atom. The Balaban J connectivity index is 2.00. The molecule has 0 bridgehead atoms. The second kappa shape index (κ2) is 7.56. The fraction of sp³-hybridized carbons (Fsp3) is 0.625. The average Bonchev–Trinajstić information content (AvgIpc) is 2.49. The topological polar surface area (TPSA) is 63.7 Å². The lowest BCUT2D eigenvalue weighted by atomic mass is 10.1. The summed E-state index contributed by atoms with van der Waals surface area (Å²) in [5.41, 5.74) is 3.61. The summed E-state index contributed by atoms with van der Waals surface area (Å²) < 4.78 is 11.0. The van der Waals surface area contributed by atoms with E-state index in [2.05, 4.69) is 10.3 Å². The highest BCUT2D eigenvalue weighted by Crippen LogP contribution is 2.20. The first-order valence-electron chi connectivity index (χ1n) is 7.71. The molecule has 2 rings (SSSR count). The van der Waals surface area contributed by atoms with Crippen LogP contribution in [0, 0.1) is 20.8 Å². The van der Waals surface area contributed by atoms with Gasteiger partial charge >= 0.3 is 6.03 Å². The second-order valence-electron chi connectivity index (χ2n) is 5.57. The third-order valence-corrected chi connectivity index (χ3v) is 3.69. The van der Waals surface area contributed by atoms with E-state index < -0.39 is 0 Å². The van der Waals surface area contributed by atoms with E-state index in [1.165, 1.54) is 0 Å². The lowest BCUT2D eigenvalue weighted by Crippen LogP contribution is -2.48. The lowest BCUT2D eigenvalue weighted by molar-refractivity contribution is -0.0555. The largest absolute Gasteiger partial charge is 0.379 e. The third-order valence-electron chi connectivity index (χ3n) is 3.69. The number of morpholine rings is 1. The molecule has 1 atom stereocenters. The number of urea groups is 1. The molecule has 1 fully saturated rings. The van der Waals surface area contributed by atoms with E-state index in [-0.39, 0.29) is 12.1 Å². The first kappa shape index (κ1) is 16.7. The highest BCUT2D eigenvalue weighted by molar-refractivity contribution is 5.90. The minimum absolute atomic E-state index is 0.0576. The van der Waals surface area contributed by atoms with E-state index >= 15 is 0 Å². The van der Waals surface area contributed by atoms with Gasteiger partial charge in [-0.1, -0.05) is 0 Å². The molecule has 0 radical (unpaired) electrons. The Kier molecular flexibility index (Phi) is 5.74. The SMILES string of the molecule is CCOCC1CN(C(=O)Nc2c(C)cc(C)nc2C)CCO1.